The van der Waals surface area contributed by atoms with E-state index < -0.39 is 5.41 Å². The lowest BCUT2D eigenvalue weighted by molar-refractivity contribution is 0.768. The molecule has 356 valence electrons. The van der Waals surface area contributed by atoms with Crippen LogP contribution in [-0.4, -0.2) is 0 Å². The van der Waals surface area contributed by atoms with Crippen LogP contribution in [0.25, 0.3) is 96.0 Å². The van der Waals surface area contributed by atoms with E-state index in [0.29, 0.717) is 0 Å². The van der Waals surface area contributed by atoms with Crippen LogP contribution in [0.5, 0.6) is 0 Å². The van der Waals surface area contributed by atoms with E-state index in [-0.39, 0.29) is 0 Å². The lowest BCUT2D eigenvalue weighted by Crippen LogP contribution is -2.28. The van der Waals surface area contributed by atoms with Gasteiger partial charge in [0.15, 0.2) is 0 Å². The van der Waals surface area contributed by atoms with Gasteiger partial charge in [0, 0.05) is 57.3 Å². The second kappa shape index (κ2) is 18.1. The van der Waals surface area contributed by atoms with Crippen molar-refractivity contribution >= 4 is 80.1 Å². The van der Waals surface area contributed by atoms with Gasteiger partial charge in [-0.1, -0.05) is 224 Å². The van der Waals surface area contributed by atoms with E-state index in [0.717, 1.165) is 17.1 Å². The molecule has 3 heteroatoms. The highest BCUT2D eigenvalue weighted by Gasteiger charge is 2.47. The molecule has 14 aromatic rings. The summed E-state index contributed by atoms with van der Waals surface area (Å²) in [6.45, 7) is 0. The summed E-state index contributed by atoms with van der Waals surface area (Å²) >= 11 is 3.74. The third-order valence-electron chi connectivity index (χ3n) is 15.8. The molecule has 1 aliphatic rings. The Morgan fingerprint density at radius 2 is 0.737 bits per heavy atom. The summed E-state index contributed by atoms with van der Waals surface area (Å²) in [5.74, 6) is 0. The number of rotatable bonds is 9. The van der Waals surface area contributed by atoms with Crippen molar-refractivity contribution in [2.24, 2.45) is 0 Å². The molecule has 0 amide bonds. The van der Waals surface area contributed by atoms with Crippen molar-refractivity contribution in [1.29, 1.82) is 0 Å². The molecule has 2 heterocycles. The number of thiophene rings is 2. The van der Waals surface area contributed by atoms with E-state index in [4.69, 9.17) is 0 Å². The van der Waals surface area contributed by atoms with Gasteiger partial charge >= 0.3 is 0 Å². The summed E-state index contributed by atoms with van der Waals surface area (Å²) < 4.78 is 5.31. The average molecular weight is 1000 g/mol. The molecule has 1 nitrogen and oxygen atoms in total. The van der Waals surface area contributed by atoms with Gasteiger partial charge in [0.25, 0.3) is 0 Å². The normalized spacial score (nSPS) is 12.6. The van der Waals surface area contributed by atoms with Crippen molar-refractivity contribution in [2.45, 2.75) is 5.41 Å². The minimum atomic E-state index is -0.523. The second-order valence-corrected chi connectivity index (χ2v) is 22.0. The Hall–Kier alpha value is -9.12. The highest BCUT2D eigenvalue weighted by molar-refractivity contribution is 7.26. The maximum atomic E-state index is 2.47. The summed E-state index contributed by atoms with van der Waals surface area (Å²) in [6.07, 6.45) is 0. The zero-order valence-corrected chi connectivity index (χ0v) is 43.0. The number of anilines is 3. The Labute approximate surface area is 450 Å². The van der Waals surface area contributed by atoms with Crippen molar-refractivity contribution in [3.8, 4) is 55.6 Å². The van der Waals surface area contributed by atoms with Crippen LogP contribution in [0, 0.1) is 0 Å². The zero-order chi connectivity index (χ0) is 50.2. The number of hydrogen-bond acceptors (Lipinski definition) is 3. The first-order valence-corrected chi connectivity index (χ1v) is 27.7. The van der Waals surface area contributed by atoms with E-state index in [1.54, 1.807) is 0 Å². The highest BCUT2D eigenvalue weighted by Crippen LogP contribution is 2.59. The molecular formula is C73H47NS2. The first-order chi connectivity index (χ1) is 37.7. The molecule has 2 aromatic heterocycles. The fraction of sp³-hybridized carbons (Fsp3) is 0.0137. The van der Waals surface area contributed by atoms with Crippen molar-refractivity contribution < 1.29 is 0 Å². The van der Waals surface area contributed by atoms with Gasteiger partial charge < -0.3 is 4.90 Å². The van der Waals surface area contributed by atoms with Crippen molar-refractivity contribution in [3.63, 3.8) is 0 Å². The number of hydrogen-bond donors (Lipinski definition) is 0. The molecule has 0 saturated heterocycles. The second-order valence-electron chi connectivity index (χ2n) is 19.9. The van der Waals surface area contributed by atoms with Crippen LogP contribution in [0.3, 0.4) is 0 Å². The smallest absolute Gasteiger partial charge is 0.0714 e. The van der Waals surface area contributed by atoms with Crippen LogP contribution in [0.15, 0.2) is 285 Å². The largest absolute Gasteiger partial charge is 0.310 e. The predicted molar refractivity (Wildman–Crippen MR) is 326 cm³/mol. The topological polar surface area (TPSA) is 3.24 Å². The van der Waals surface area contributed by atoms with E-state index in [1.165, 1.54) is 118 Å². The minimum absolute atomic E-state index is 0.523. The Morgan fingerprint density at radius 1 is 0.276 bits per heavy atom. The number of benzene rings is 12. The number of nitrogens with zero attached hydrogens (tertiary/aromatic N) is 1. The van der Waals surface area contributed by atoms with Gasteiger partial charge in [-0.15, -0.1) is 22.7 Å². The molecule has 0 saturated carbocycles. The molecule has 0 unspecified atom stereocenters. The first kappa shape index (κ1) is 44.4. The van der Waals surface area contributed by atoms with Gasteiger partial charge in [0.1, 0.15) is 0 Å². The molecule has 0 bridgehead atoms. The standard InChI is InChI=1S/C73H47NS2/c1-3-18-55(19-4-1)73(56-20-5-2-6-21-56)65-27-10-7-24-63(65)71-66(73)28-15-29-67(71)74(57-41-36-49(37-42-57)48-32-34-51(35-33-48)59-25-14-26-62-60-22-8-12-31-69(60)76-72(59)62)58-43-38-50(39-44-58)52-16-13-17-53(46-52)54-40-45-70-64(47-54)61-23-9-11-30-68(61)75-70/h1-47H. The molecule has 0 aliphatic heterocycles. The van der Waals surface area contributed by atoms with Crippen LogP contribution in [-0.2, 0) is 5.41 Å². The average Bonchev–Trinajstić information content (AvgIpc) is 4.22. The molecule has 1 aliphatic carbocycles. The lowest BCUT2D eigenvalue weighted by Gasteiger charge is -2.34. The van der Waals surface area contributed by atoms with E-state index in [9.17, 15) is 0 Å². The number of fused-ring (bicyclic) bond motifs is 9. The first-order valence-electron chi connectivity index (χ1n) is 26.1. The molecule has 12 aromatic carbocycles. The van der Waals surface area contributed by atoms with Crippen molar-refractivity contribution in [1.82, 2.24) is 0 Å². The lowest BCUT2D eigenvalue weighted by atomic mass is 9.68. The van der Waals surface area contributed by atoms with Gasteiger partial charge in [-0.3, -0.25) is 0 Å². The molecule has 0 radical (unpaired) electrons. The molecule has 15 rings (SSSR count). The van der Waals surface area contributed by atoms with E-state index in [1.807, 2.05) is 22.7 Å². The van der Waals surface area contributed by atoms with E-state index >= 15 is 0 Å². The fourth-order valence-electron chi connectivity index (χ4n) is 12.3. The summed E-state index contributed by atoms with van der Waals surface area (Å²) in [6, 6.07) is 106. The highest BCUT2D eigenvalue weighted by atomic mass is 32.1. The predicted octanol–water partition coefficient (Wildman–Crippen LogP) is 20.9. The molecule has 76 heavy (non-hydrogen) atoms. The fourth-order valence-corrected chi connectivity index (χ4v) is 14.6. The van der Waals surface area contributed by atoms with Crippen LogP contribution in [0.1, 0.15) is 22.3 Å². The molecule has 0 atom stereocenters. The van der Waals surface area contributed by atoms with Crippen molar-refractivity contribution in [2.75, 3.05) is 4.90 Å². The Kier molecular flexibility index (Phi) is 10.6. The van der Waals surface area contributed by atoms with E-state index in [2.05, 4.69) is 290 Å². The van der Waals surface area contributed by atoms with Gasteiger partial charge in [0.2, 0.25) is 0 Å². The molecule has 0 N–H and O–H groups in total. The maximum absolute atomic E-state index is 2.47. The van der Waals surface area contributed by atoms with Crippen LogP contribution < -0.4 is 4.90 Å². The Bertz CT molecular complexity index is 4450. The SMILES string of the molecule is c1ccc(C2(c3ccccc3)c3ccccc3-c3c(N(c4ccc(-c5ccc(-c6cccc7c6sc6ccccc67)cc5)cc4)c4ccc(-c5cccc(-c6ccc7sc8ccccc8c7c6)c5)cc4)cccc32)cc1. The van der Waals surface area contributed by atoms with Gasteiger partial charge in [-0.25, -0.2) is 0 Å². The van der Waals surface area contributed by atoms with Crippen LogP contribution in [0.4, 0.5) is 17.1 Å². The summed E-state index contributed by atoms with van der Waals surface area (Å²) in [5, 5.41) is 5.28. The Balaban J connectivity index is 0.845. The third kappa shape index (κ3) is 7.12. The maximum Gasteiger partial charge on any atom is 0.0714 e. The zero-order valence-electron chi connectivity index (χ0n) is 41.4. The third-order valence-corrected chi connectivity index (χ3v) is 18.2. The summed E-state index contributed by atoms with van der Waals surface area (Å²) in [7, 11) is 0. The monoisotopic (exact) mass is 1000 g/mol. The van der Waals surface area contributed by atoms with Gasteiger partial charge in [0.05, 0.1) is 11.1 Å². The molecule has 0 spiro atoms. The van der Waals surface area contributed by atoms with Crippen molar-refractivity contribution in [3.05, 3.63) is 307 Å². The minimum Gasteiger partial charge on any atom is -0.310 e. The Morgan fingerprint density at radius 3 is 1.43 bits per heavy atom. The molecule has 0 fully saturated rings. The van der Waals surface area contributed by atoms with Gasteiger partial charge in [-0.2, -0.15) is 0 Å². The molecular weight excluding hydrogens is 955 g/mol. The van der Waals surface area contributed by atoms with Gasteiger partial charge in [-0.05, 0) is 133 Å². The van der Waals surface area contributed by atoms with Crippen LogP contribution in [0.2, 0.25) is 0 Å². The summed E-state index contributed by atoms with van der Waals surface area (Å²) in [5.41, 5.74) is 20.0. The van der Waals surface area contributed by atoms with Crippen LogP contribution >= 0.6 is 22.7 Å². The quantitative estimate of drug-likeness (QED) is 0.139. The summed E-state index contributed by atoms with van der Waals surface area (Å²) in [4.78, 5) is 2.47.